The van der Waals surface area contributed by atoms with E-state index in [1.165, 1.54) is 0 Å². The number of pyridine rings is 3. The Morgan fingerprint density at radius 2 is 2.00 bits per heavy atom. The topological polar surface area (TPSA) is 91.5 Å². The molecule has 4 aromatic rings. The van der Waals surface area contributed by atoms with Crippen molar-refractivity contribution in [1.82, 2.24) is 29.5 Å². The maximum absolute atomic E-state index is 12.2. The Bertz CT molecular complexity index is 1420. The molecular formula is C24H25ClN8O. The van der Waals surface area contributed by atoms with Crippen LogP contribution in [0, 0.1) is 5.92 Å². The third kappa shape index (κ3) is 3.84. The molecule has 34 heavy (non-hydrogen) atoms. The number of likely N-dealkylation sites (N-methyl/N-ethyl adjacent to an activating group) is 1. The second kappa shape index (κ2) is 8.18. The molecule has 9 nitrogen and oxygen atoms in total. The zero-order valence-electron chi connectivity index (χ0n) is 19.1. The van der Waals surface area contributed by atoms with Crippen LogP contribution in [0.2, 0.25) is 5.15 Å². The molecule has 174 valence electrons. The van der Waals surface area contributed by atoms with Gasteiger partial charge in [0.1, 0.15) is 11.0 Å². The van der Waals surface area contributed by atoms with Crippen LogP contribution in [0.15, 0.2) is 36.8 Å². The lowest BCUT2D eigenvalue weighted by molar-refractivity contribution is -0.117. The van der Waals surface area contributed by atoms with Gasteiger partial charge in [0.2, 0.25) is 5.91 Å². The Morgan fingerprint density at radius 1 is 1.15 bits per heavy atom. The molecule has 2 aliphatic rings. The summed E-state index contributed by atoms with van der Waals surface area (Å²) in [4.78, 5) is 30.4. The zero-order chi connectivity index (χ0) is 23.4. The van der Waals surface area contributed by atoms with E-state index in [2.05, 4.69) is 45.1 Å². The van der Waals surface area contributed by atoms with E-state index >= 15 is 0 Å². The molecule has 2 fully saturated rings. The van der Waals surface area contributed by atoms with Gasteiger partial charge in [0, 0.05) is 60.3 Å². The number of nitrogens with one attached hydrogen (secondary N) is 1. The summed E-state index contributed by atoms with van der Waals surface area (Å²) in [5, 5.41) is 9.50. The molecule has 1 saturated carbocycles. The number of carbonyl (C=O) groups excluding carboxylic acids is 1. The first-order valence-corrected chi connectivity index (χ1v) is 11.9. The van der Waals surface area contributed by atoms with Crippen molar-refractivity contribution in [3.05, 3.63) is 41.9 Å². The lowest BCUT2D eigenvalue weighted by atomic mass is 10.1. The number of halogens is 1. The minimum Gasteiger partial charge on any atom is -0.367 e. The first-order chi connectivity index (χ1) is 16.5. The average Bonchev–Trinajstić information content (AvgIpc) is 3.60. The molecular weight excluding hydrogens is 452 g/mol. The normalized spacial score (nSPS) is 19.1. The number of hydrogen-bond acceptors (Lipinski definition) is 7. The average molecular weight is 477 g/mol. The van der Waals surface area contributed by atoms with E-state index in [0.29, 0.717) is 28.2 Å². The molecule has 0 unspecified atom stereocenters. The highest BCUT2D eigenvalue weighted by molar-refractivity contribution is 6.34. The van der Waals surface area contributed by atoms with Crippen LogP contribution in [0.25, 0.3) is 27.8 Å². The van der Waals surface area contributed by atoms with Crippen LogP contribution in [-0.4, -0.2) is 68.1 Å². The van der Waals surface area contributed by atoms with E-state index in [0.717, 1.165) is 54.8 Å². The lowest BCUT2D eigenvalue weighted by Gasteiger charge is -2.38. The van der Waals surface area contributed by atoms with Crippen LogP contribution in [0.3, 0.4) is 0 Å². The van der Waals surface area contributed by atoms with Crippen LogP contribution in [0.4, 0.5) is 11.5 Å². The van der Waals surface area contributed by atoms with Gasteiger partial charge in [-0.3, -0.25) is 4.79 Å². The molecule has 1 atom stereocenters. The van der Waals surface area contributed by atoms with Gasteiger partial charge in [-0.05, 0) is 45.0 Å². The second-order valence-corrected chi connectivity index (χ2v) is 9.60. The summed E-state index contributed by atoms with van der Waals surface area (Å²) in [5.41, 5.74) is 2.61. The molecule has 1 aliphatic heterocycles. The molecule has 1 aliphatic carbocycles. The van der Waals surface area contributed by atoms with E-state index < -0.39 is 0 Å². The van der Waals surface area contributed by atoms with Crippen molar-refractivity contribution in [1.29, 1.82) is 0 Å². The number of piperazine rings is 1. The van der Waals surface area contributed by atoms with Gasteiger partial charge in [-0.2, -0.15) is 0 Å². The van der Waals surface area contributed by atoms with E-state index in [-0.39, 0.29) is 11.8 Å². The largest absolute Gasteiger partial charge is 0.367 e. The van der Waals surface area contributed by atoms with Crippen LogP contribution in [-0.2, 0) is 4.79 Å². The number of fused-ring (bicyclic) bond motifs is 2. The quantitative estimate of drug-likeness (QED) is 0.451. The Kier molecular flexibility index (Phi) is 5.11. The van der Waals surface area contributed by atoms with Crippen molar-refractivity contribution in [3.8, 4) is 11.4 Å². The summed E-state index contributed by atoms with van der Waals surface area (Å²) >= 11 is 6.35. The smallest absolute Gasteiger partial charge is 0.228 e. The summed E-state index contributed by atoms with van der Waals surface area (Å²) in [6.07, 6.45) is 7.20. The maximum atomic E-state index is 12.2. The number of amides is 1. The first-order valence-electron chi connectivity index (χ1n) is 11.5. The molecule has 4 aromatic heterocycles. The van der Waals surface area contributed by atoms with Gasteiger partial charge < -0.3 is 15.1 Å². The second-order valence-electron chi connectivity index (χ2n) is 9.24. The predicted molar refractivity (Wildman–Crippen MR) is 132 cm³/mol. The molecule has 10 heteroatoms. The van der Waals surface area contributed by atoms with Crippen LogP contribution in [0.5, 0.6) is 0 Å². The summed E-state index contributed by atoms with van der Waals surface area (Å²) in [6.45, 7) is 5.21. The molecule has 1 amide bonds. The highest BCUT2D eigenvalue weighted by Gasteiger charge is 2.30. The highest BCUT2D eigenvalue weighted by atomic mass is 35.5. The Labute approximate surface area is 201 Å². The molecule has 0 bridgehead atoms. The number of hydrogen-bond donors (Lipinski definition) is 1. The predicted octanol–water partition coefficient (Wildman–Crippen LogP) is 3.48. The summed E-state index contributed by atoms with van der Waals surface area (Å²) < 4.78 is 1.81. The van der Waals surface area contributed by atoms with Gasteiger partial charge in [0.25, 0.3) is 0 Å². The standard InChI is InChI=1S/C24H25ClN8O/c1-14-12-32(8-7-31(14)2)16-5-6-21-29-23(30-33(21)13-16)19-11-27-22(25)18-10-26-20(9-17(18)19)28-24(34)15-3-4-15/h5-6,9-11,13-15H,3-4,7-8,12H2,1-2H3,(H,26,28,34)/t14-/m0/s1. The van der Waals surface area contributed by atoms with E-state index in [1.54, 1.807) is 12.4 Å². The third-order valence-corrected chi connectivity index (χ3v) is 7.11. The Hall–Kier alpha value is -3.30. The first kappa shape index (κ1) is 21.2. The summed E-state index contributed by atoms with van der Waals surface area (Å²) in [6, 6.07) is 6.40. The minimum atomic E-state index is 0.00478. The van der Waals surface area contributed by atoms with Crippen LogP contribution < -0.4 is 10.2 Å². The molecule has 6 rings (SSSR count). The van der Waals surface area contributed by atoms with E-state index in [1.807, 2.05) is 22.8 Å². The van der Waals surface area contributed by atoms with E-state index in [4.69, 9.17) is 21.7 Å². The van der Waals surface area contributed by atoms with Crippen molar-refractivity contribution < 1.29 is 4.79 Å². The van der Waals surface area contributed by atoms with Gasteiger partial charge in [-0.1, -0.05) is 11.6 Å². The van der Waals surface area contributed by atoms with Crippen molar-refractivity contribution in [3.63, 3.8) is 0 Å². The van der Waals surface area contributed by atoms with E-state index in [9.17, 15) is 4.79 Å². The van der Waals surface area contributed by atoms with Crippen molar-refractivity contribution >= 4 is 45.4 Å². The highest BCUT2D eigenvalue weighted by Crippen LogP contribution is 2.33. The fourth-order valence-electron chi connectivity index (χ4n) is 4.38. The lowest BCUT2D eigenvalue weighted by Crippen LogP contribution is -2.50. The van der Waals surface area contributed by atoms with Gasteiger partial charge in [0.05, 0.1) is 11.9 Å². The molecule has 1 saturated heterocycles. The number of anilines is 2. The fraction of sp³-hybridized carbons (Fsp3) is 0.375. The monoisotopic (exact) mass is 476 g/mol. The van der Waals surface area contributed by atoms with Gasteiger partial charge in [0.15, 0.2) is 11.5 Å². The third-order valence-electron chi connectivity index (χ3n) is 6.80. The van der Waals surface area contributed by atoms with Crippen molar-refractivity contribution in [2.45, 2.75) is 25.8 Å². The van der Waals surface area contributed by atoms with Gasteiger partial charge >= 0.3 is 0 Å². The number of aromatic nitrogens is 5. The fourth-order valence-corrected chi connectivity index (χ4v) is 4.58. The summed E-state index contributed by atoms with van der Waals surface area (Å²) in [7, 11) is 2.16. The zero-order valence-corrected chi connectivity index (χ0v) is 19.8. The van der Waals surface area contributed by atoms with Crippen LogP contribution in [0.1, 0.15) is 19.8 Å². The number of carbonyl (C=O) groups is 1. The van der Waals surface area contributed by atoms with Gasteiger partial charge in [-0.25, -0.2) is 19.5 Å². The Morgan fingerprint density at radius 3 is 2.79 bits per heavy atom. The SMILES string of the molecule is C[C@H]1CN(c2ccc3nc(-c4cnc(Cl)c5cnc(NC(=O)C6CC6)cc45)nn3c2)CCN1C. The molecule has 1 N–H and O–H groups in total. The Balaban J connectivity index is 1.37. The molecule has 5 heterocycles. The number of nitrogens with zero attached hydrogens (tertiary/aromatic N) is 7. The molecule has 0 spiro atoms. The molecule has 0 aromatic carbocycles. The maximum Gasteiger partial charge on any atom is 0.228 e. The minimum absolute atomic E-state index is 0.00478. The van der Waals surface area contributed by atoms with Crippen molar-refractivity contribution in [2.75, 3.05) is 36.9 Å². The van der Waals surface area contributed by atoms with Crippen molar-refractivity contribution in [2.24, 2.45) is 5.92 Å². The van der Waals surface area contributed by atoms with Crippen LogP contribution >= 0.6 is 11.6 Å². The van der Waals surface area contributed by atoms with Gasteiger partial charge in [-0.15, -0.1) is 5.10 Å². The summed E-state index contributed by atoms with van der Waals surface area (Å²) in [5.74, 6) is 1.13. The molecule has 0 radical (unpaired) electrons. The number of rotatable bonds is 4.